The van der Waals surface area contributed by atoms with Crippen molar-refractivity contribution in [2.45, 2.75) is 4.90 Å². The summed E-state index contributed by atoms with van der Waals surface area (Å²) in [7, 11) is -4.28. The quantitative estimate of drug-likeness (QED) is 0.797. The van der Waals surface area contributed by atoms with Gasteiger partial charge in [-0.25, -0.2) is 21.9 Å². The van der Waals surface area contributed by atoms with E-state index in [9.17, 15) is 22.0 Å². The zero-order valence-corrected chi connectivity index (χ0v) is 11.9. The molecule has 1 aliphatic rings. The van der Waals surface area contributed by atoms with Crippen LogP contribution in [0.25, 0.3) is 0 Å². The molecule has 116 valence electrons. The Kier molecular flexibility index (Phi) is 4.86. The number of halogens is 2. The van der Waals surface area contributed by atoms with Crippen LogP contribution in [0.2, 0.25) is 0 Å². The highest BCUT2D eigenvalue weighted by atomic mass is 32.2. The molecule has 1 aromatic carbocycles. The molecule has 0 unspecified atom stereocenters. The van der Waals surface area contributed by atoms with Crippen LogP contribution in [0.15, 0.2) is 23.1 Å². The summed E-state index contributed by atoms with van der Waals surface area (Å²) in [6.07, 6.45) is 0. The van der Waals surface area contributed by atoms with Crippen molar-refractivity contribution >= 4 is 15.9 Å². The van der Waals surface area contributed by atoms with Crippen LogP contribution in [0.4, 0.5) is 8.78 Å². The summed E-state index contributed by atoms with van der Waals surface area (Å²) in [4.78, 5) is 12.5. The van der Waals surface area contributed by atoms with Crippen molar-refractivity contribution in [2.75, 3.05) is 32.7 Å². The summed E-state index contributed by atoms with van der Waals surface area (Å²) in [5.74, 6) is -2.35. The highest BCUT2D eigenvalue weighted by molar-refractivity contribution is 7.89. The Hall–Kier alpha value is -1.58. The molecule has 0 spiro atoms. The van der Waals surface area contributed by atoms with Crippen LogP contribution in [0.1, 0.15) is 0 Å². The average Bonchev–Trinajstić information content (AvgIpc) is 2.48. The molecule has 21 heavy (non-hydrogen) atoms. The number of hydrogen-bond acceptors (Lipinski definition) is 4. The second-order valence-corrected chi connectivity index (χ2v) is 6.27. The fourth-order valence-corrected chi connectivity index (χ4v) is 3.01. The third-order valence-corrected chi connectivity index (χ3v) is 4.48. The monoisotopic (exact) mass is 319 g/mol. The first-order valence-electron chi connectivity index (χ1n) is 6.33. The Labute approximate surface area is 121 Å². The van der Waals surface area contributed by atoms with Crippen LogP contribution in [0, 0.1) is 11.6 Å². The Bertz CT molecular complexity index is 631. The largest absolute Gasteiger partial charge is 0.339 e. The lowest BCUT2D eigenvalue weighted by Crippen LogP contribution is -2.49. The lowest BCUT2D eigenvalue weighted by molar-refractivity contribution is -0.130. The minimum Gasteiger partial charge on any atom is -0.339 e. The third-order valence-electron chi connectivity index (χ3n) is 3.07. The molecular weight excluding hydrogens is 304 g/mol. The van der Waals surface area contributed by atoms with E-state index in [1.165, 1.54) is 4.90 Å². The number of carbonyl (C=O) groups is 1. The SMILES string of the molecule is O=C(CNS(=O)(=O)c1cc(F)ccc1F)N1CCNCC1. The van der Waals surface area contributed by atoms with Gasteiger partial charge in [-0.3, -0.25) is 4.79 Å². The van der Waals surface area contributed by atoms with Gasteiger partial charge in [0.25, 0.3) is 0 Å². The molecule has 0 aliphatic carbocycles. The second-order valence-electron chi connectivity index (χ2n) is 4.53. The van der Waals surface area contributed by atoms with Crippen LogP contribution >= 0.6 is 0 Å². The van der Waals surface area contributed by atoms with Gasteiger partial charge in [-0.05, 0) is 18.2 Å². The van der Waals surface area contributed by atoms with Crippen LogP contribution in [-0.4, -0.2) is 51.9 Å². The highest BCUT2D eigenvalue weighted by Crippen LogP contribution is 2.15. The maximum atomic E-state index is 13.5. The predicted molar refractivity (Wildman–Crippen MR) is 71.0 cm³/mol. The summed E-state index contributed by atoms with van der Waals surface area (Å²) < 4.78 is 52.3. The molecular formula is C12H15F2N3O3S. The van der Waals surface area contributed by atoms with E-state index in [2.05, 4.69) is 5.32 Å². The zero-order valence-electron chi connectivity index (χ0n) is 11.1. The lowest BCUT2D eigenvalue weighted by atomic mass is 10.3. The van der Waals surface area contributed by atoms with Gasteiger partial charge in [-0.2, -0.15) is 0 Å². The number of carbonyl (C=O) groups excluding carboxylic acids is 1. The van der Waals surface area contributed by atoms with Gasteiger partial charge in [0.05, 0.1) is 6.54 Å². The van der Waals surface area contributed by atoms with Crippen molar-refractivity contribution in [3.63, 3.8) is 0 Å². The molecule has 0 atom stereocenters. The topological polar surface area (TPSA) is 78.5 Å². The number of nitrogens with one attached hydrogen (secondary N) is 2. The van der Waals surface area contributed by atoms with Gasteiger partial charge < -0.3 is 10.2 Å². The van der Waals surface area contributed by atoms with Gasteiger partial charge in [-0.15, -0.1) is 0 Å². The Morgan fingerprint density at radius 2 is 1.95 bits per heavy atom. The van der Waals surface area contributed by atoms with E-state index in [1.807, 2.05) is 4.72 Å². The number of rotatable bonds is 4. The van der Waals surface area contributed by atoms with E-state index in [-0.39, 0.29) is 0 Å². The molecule has 6 nitrogen and oxygen atoms in total. The number of benzene rings is 1. The number of amides is 1. The van der Waals surface area contributed by atoms with Crippen LogP contribution in [0.3, 0.4) is 0 Å². The highest BCUT2D eigenvalue weighted by Gasteiger charge is 2.23. The molecule has 0 bridgehead atoms. The van der Waals surface area contributed by atoms with Gasteiger partial charge in [0.1, 0.15) is 16.5 Å². The van der Waals surface area contributed by atoms with Crippen molar-refractivity contribution in [1.29, 1.82) is 0 Å². The molecule has 2 rings (SSSR count). The smallest absolute Gasteiger partial charge is 0.244 e. The number of nitrogens with zero attached hydrogens (tertiary/aromatic N) is 1. The Balaban J connectivity index is 2.04. The van der Waals surface area contributed by atoms with Crippen molar-refractivity contribution in [3.05, 3.63) is 29.8 Å². The Morgan fingerprint density at radius 1 is 1.29 bits per heavy atom. The van der Waals surface area contributed by atoms with E-state index in [0.29, 0.717) is 32.2 Å². The fraction of sp³-hybridized carbons (Fsp3) is 0.417. The van der Waals surface area contributed by atoms with Crippen LogP contribution < -0.4 is 10.0 Å². The molecule has 0 aromatic heterocycles. The minimum atomic E-state index is -4.28. The fourth-order valence-electron chi connectivity index (χ4n) is 1.94. The predicted octanol–water partition coefficient (Wildman–Crippen LogP) is -0.325. The van der Waals surface area contributed by atoms with E-state index in [4.69, 9.17) is 0 Å². The van der Waals surface area contributed by atoms with E-state index in [0.717, 1.165) is 12.1 Å². The summed E-state index contributed by atoms with van der Waals surface area (Å²) in [6.45, 7) is 1.75. The van der Waals surface area contributed by atoms with E-state index in [1.54, 1.807) is 0 Å². The molecule has 1 aliphatic heterocycles. The van der Waals surface area contributed by atoms with Crippen molar-refractivity contribution in [3.8, 4) is 0 Å². The lowest BCUT2D eigenvalue weighted by Gasteiger charge is -2.27. The molecule has 1 fully saturated rings. The molecule has 1 amide bonds. The van der Waals surface area contributed by atoms with E-state index >= 15 is 0 Å². The van der Waals surface area contributed by atoms with Crippen LogP contribution in [-0.2, 0) is 14.8 Å². The molecule has 9 heteroatoms. The van der Waals surface area contributed by atoms with Gasteiger partial charge in [0.2, 0.25) is 15.9 Å². The summed E-state index contributed by atoms with van der Waals surface area (Å²) in [5.41, 5.74) is 0. The molecule has 0 radical (unpaired) electrons. The molecule has 0 saturated carbocycles. The van der Waals surface area contributed by atoms with E-state index < -0.39 is 39.0 Å². The normalized spacial score (nSPS) is 16.0. The van der Waals surface area contributed by atoms with Gasteiger partial charge >= 0.3 is 0 Å². The summed E-state index contributed by atoms with van der Waals surface area (Å²) in [6, 6.07) is 2.12. The number of piperazine rings is 1. The van der Waals surface area contributed by atoms with Crippen molar-refractivity contribution in [1.82, 2.24) is 14.9 Å². The third kappa shape index (κ3) is 3.96. The first kappa shape index (κ1) is 15.8. The number of sulfonamides is 1. The first-order valence-corrected chi connectivity index (χ1v) is 7.82. The summed E-state index contributed by atoms with van der Waals surface area (Å²) in [5, 5.41) is 3.06. The van der Waals surface area contributed by atoms with Gasteiger partial charge in [0, 0.05) is 26.2 Å². The second kappa shape index (κ2) is 6.46. The first-order chi connectivity index (χ1) is 9.90. The Morgan fingerprint density at radius 3 is 2.62 bits per heavy atom. The average molecular weight is 319 g/mol. The van der Waals surface area contributed by atoms with Crippen LogP contribution in [0.5, 0.6) is 0 Å². The maximum Gasteiger partial charge on any atom is 0.244 e. The molecule has 1 aromatic rings. The standard InChI is InChI=1S/C12H15F2N3O3S/c13-9-1-2-10(14)11(7-9)21(19,20)16-8-12(18)17-5-3-15-4-6-17/h1-2,7,15-16H,3-6,8H2. The van der Waals surface area contributed by atoms with Gasteiger partial charge in [0.15, 0.2) is 0 Å². The molecule has 1 saturated heterocycles. The minimum absolute atomic E-state index is 0.406. The van der Waals surface area contributed by atoms with Gasteiger partial charge in [-0.1, -0.05) is 0 Å². The number of hydrogen-bond donors (Lipinski definition) is 2. The van der Waals surface area contributed by atoms with Crippen molar-refractivity contribution < 1.29 is 22.0 Å². The molecule has 1 heterocycles. The van der Waals surface area contributed by atoms with Crippen molar-refractivity contribution in [2.24, 2.45) is 0 Å². The zero-order chi connectivity index (χ0) is 15.5. The maximum absolute atomic E-state index is 13.5. The molecule has 2 N–H and O–H groups in total. The summed E-state index contributed by atoms with van der Waals surface area (Å²) >= 11 is 0.